The van der Waals surface area contributed by atoms with Crippen LogP contribution in [0, 0.1) is 5.92 Å². The molecule has 0 fully saturated rings. The highest BCUT2D eigenvalue weighted by atomic mass is 16.5. The maximum absolute atomic E-state index is 5.91. The summed E-state index contributed by atoms with van der Waals surface area (Å²) in [4.78, 5) is 0. The van der Waals surface area contributed by atoms with Crippen LogP contribution in [0.25, 0.3) is 0 Å². The van der Waals surface area contributed by atoms with Crippen LogP contribution in [0.1, 0.15) is 32.4 Å². The van der Waals surface area contributed by atoms with Gasteiger partial charge in [-0.2, -0.15) is 0 Å². The van der Waals surface area contributed by atoms with Crippen molar-refractivity contribution in [3.8, 4) is 11.5 Å². The second kappa shape index (κ2) is 8.12. The van der Waals surface area contributed by atoms with Crippen molar-refractivity contribution in [1.82, 2.24) is 5.32 Å². The zero-order valence-electron chi connectivity index (χ0n) is 13.4. The number of methoxy groups -OCH3 is 2. The van der Waals surface area contributed by atoms with Crippen molar-refractivity contribution in [1.29, 1.82) is 0 Å². The number of hydrogen-bond acceptors (Lipinski definition) is 4. The van der Waals surface area contributed by atoms with Crippen LogP contribution >= 0.6 is 0 Å². The minimum absolute atomic E-state index is 0.135. The van der Waals surface area contributed by atoms with Crippen LogP contribution in [0.2, 0.25) is 0 Å². The fourth-order valence-electron chi connectivity index (χ4n) is 1.86. The molecule has 1 rings (SSSR count). The Morgan fingerprint density at radius 2 is 1.70 bits per heavy atom. The molecule has 2 atom stereocenters. The van der Waals surface area contributed by atoms with Crippen molar-refractivity contribution in [2.45, 2.75) is 32.9 Å². The van der Waals surface area contributed by atoms with Gasteiger partial charge in [0.05, 0.1) is 33.0 Å². The van der Waals surface area contributed by atoms with Crippen molar-refractivity contribution >= 4 is 0 Å². The first kappa shape index (κ1) is 16.8. The normalized spacial score (nSPS) is 14.2. The SMILES string of the molecule is CNC(COC(C)C(C)C)c1ccc(OC)c(OC)c1. The van der Waals surface area contributed by atoms with E-state index in [1.807, 2.05) is 25.2 Å². The molecule has 0 aliphatic heterocycles. The average molecular weight is 281 g/mol. The molecule has 0 spiro atoms. The Hall–Kier alpha value is -1.26. The summed E-state index contributed by atoms with van der Waals surface area (Å²) in [5.74, 6) is 1.99. The number of ether oxygens (including phenoxy) is 3. The van der Waals surface area contributed by atoms with E-state index in [1.165, 1.54) is 0 Å². The average Bonchev–Trinajstić information content (AvgIpc) is 2.47. The second-order valence-corrected chi connectivity index (χ2v) is 5.24. The number of likely N-dealkylation sites (N-methyl/N-ethyl adjacent to an activating group) is 1. The Bertz CT molecular complexity index is 407. The lowest BCUT2D eigenvalue weighted by Gasteiger charge is -2.22. The topological polar surface area (TPSA) is 39.7 Å². The molecule has 0 aliphatic rings. The van der Waals surface area contributed by atoms with E-state index in [0.717, 1.165) is 17.1 Å². The molecule has 20 heavy (non-hydrogen) atoms. The Labute approximate surface area is 122 Å². The van der Waals surface area contributed by atoms with Crippen LogP contribution in [-0.2, 0) is 4.74 Å². The van der Waals surface area contributed by atoms with Gasteiger partial charge in [-0.15, -0.1) is 0 Å². The summed E-state index contributed by atoms with van der Waals surface area (Å²) < 4.78 is 16.5. The van der Waals surface area contributed by atoms with Gasteiger partial charge in [0, 0.05) is 0 Å². The minimum Gasteiger partial charge on any atom is -0.493 e. The summed E-state index contributed by atoms with van der Waals surface area (Å²) in [7, 11) is 5.22. The predicted octanol–water partition coefficient (Wildman–Crippen LogP) is 3.03. The highest BCUT2D eigenvalue weighted by molar-refractivity contribution is 5.43. The van der Waals surface area contributed by atoms with Gasteiger partial charge in [-0.25, -0.2) is 0 Å². The molecule has 1 aromatic rings. The van der Waals surface area contributed by atoms with Crippen molar-refractivity contribution in [2.75, 3.05) is 27.9 Å². The number of hydrogen-bond donors (Lipinski definition) is 1. The lowest BCUT2D eigenvalue weighted by atomic mass is 10.1. The van der Waals surface area contributed by atoms with Gasteiger partial charge >= 0.3 is 0 Å². The van der Waals surface area contributed by atoms with E-state index in [0.29, 0.717) is 12.5 Å². The van der Waals surface area contributed by atoms with Gasteiger partial charge in [0.15, 0.2) is 11.5 Å². The third-order valence-electron chi connectivity index (χ3n) is 3.62. The van der Waals surface area contributed by atoms with Gasteiger partial charge in [-0.3, -0.25) is 0 Å². The van der Waals surface area contributed by atoms with E-state index in [1.54, 1.807) is 14.2 Å². The van der Waals surface area contributed by atoms with Crippen molar-refractivity contribution in [3.05, 3.63) is 23.8 Å². The Morgan fingerprint density at radius 1 is 1.05 bits per heavy atom. The van der Waals surface area contributed by atoms with Gasteiger partial charge in [-0.05, 0) is 37.6 Å². The molecule has 2 unspecified atom stereocenters. The number of nitrogens with one attached hydrogen (secondary N) is 1. The molecule has 0 saturated carbocycles. The Kier molecular flexibility index (Phi) is 6.82. The van der Waals surface area contributed by atoms with E-state index in [2.05, 4.69) is 26.1 Å². The summed E-state index contributed by atoms with van der Waals surface area (Å²) in [6, 6.07) is 6.08. The molecular weight excluding hydrogens is 254 g/mol. The van der Waals surface area contributed by atoms with Crippen LogP contribution in [0.15, 0.2) is 18.2 Å². The van der Waals surface area contributed by atoms with Crippen molar-refractivity contribution in [2.24, 2.45) is 5.92 Å². The number of rotatable bonds is 8. The van der Waals surface area contributed by atoms with Gasteiger partial charge in [-0.1, -0.05) is 19.9 Å². The third-order valence-corrected chi connectivity index (χ3v) is 3.62. The molecule has 0 heterocycles. The van der Waals surface area contributed by atoms with E-state index in [9.17, 15) is 0 Å². The first-order chi connectivity index (χ1) is 9.53. The van der Waals surface area contributed by atoms with Gasteiger partial charge in [0.1, 0.15) is 0 Å². The van der Waals surface area contributed by atoms with Crippen molar-refractivity contribution < 1.29 is 14.2 Å². The smallest absolute Gasteiger partial charge is 0.161 e. The zero-order valence-corrected chi connectivity index (χ0v) is 13.4. The molecule has 1 N–H and O–H groups in total. The maximum Gasteiger partial charge on any atom is 0.161 e. The number of benzene rings is 1. The molecule has 0 radical (unpaired) electrons. The molecular formula is C16H27NO3. The Balaban J connectivity index is 2.79. The molecule has 4 heteroatoms. The molecule has 0 saturated heterocycles. The molecule has 4 nitrogen and oxygen atoms in total. The highest BCUT2D eigenvalue weighted by Gasteiger charge is 2.15. The molecule has 114 valence electrons. The minimum atomic E-state index is 0.135. The van der Waals surface area contributed by atoms with Crippen LogP contribution in [0.5, 0.6) is 11.5 Å². The van der Waals surface area contributed by atoms with Gasteiger partial charge < -0.3 is 19.5 Å². The summed E-state index contributed by atoms with van der Waals surface area (Å²) in [6.45, 7) is 7.06. The van der Waals surface area contributed by atoms with Crippen LogP contribution in [0.3, 0.4) is 0 Å². The van der Waals surface area contributed by atoms with E-state index in [4.69, 9.17) is 14.2 Å². The van der Waals surface area contributed by atoms with E-state index < -0.39 is 0 Å². The maximum atomic E-state index is 5.91. The largest absolute Gasteiger partial charge is 0.493 e. The van der Waals surface area contributed by atoms with Crippen LogP contribution in [0.4, 0.5) is 0 Å². The summed E-state index contributed by atoms with van der Waals surface area (Å²) >= 11 is 0. The zero-order chi connectivity index (χ0) is 15.1. The second-order valence-electron chi connectivity index (χ2n) is 5.24. The monoisotopic (exact) mass is 281 g/mol. The Morgan fingerprint density at radius 3 is 2.20 bits per heavy atom. The molecule has 1 aromatic carbocycles. The highest BCUT2D eigenvalue weighted by Crippen LogP contribution is 2.30. The summed E-state index contributed by atoms with van der Waals surface area (Å²) in [6.07, 6.45) is 0.242. The first-order valence-corrected chi connectivity index (χ1v) is 7.04. The van der Waals surface area contributed by atoms with E-state index >= 15 is 0 Å². The van der Waals surface area contributed by atoms with Gasteiger partial charge in [0.25, 0.3) is 0 Å². The lowest BCUT2D eigenvalue weighted by Crippen LogP contribution is -2.26. The summed E-state index contributed by atoms with van der Waals surface area (Å²) in [5, 5.41) is 3.28. The van der Waals surface area contributed by atoms with Crippen LogP contribution < -0.4 is 14.8 Å². The van der Waals surface area contributed by atoms with Crippen molar-refractivity contribution in [3.63, 3.8) is 0 Å². The quantitative estimate of drug-likeness (QED) is 0.795. The van der Waals surface area contributed by atoms with Crippen LogP contribution in [-0.4, -0.2) is 34.0 Å². The summed E-state index contributed by atoms with van der Waals surface area (Å²) in [5.41, 5.74) is 1.13. The fourth-order valence-corrected chi connectivity index (χ4v) is 1.86. The molecule has 0 aromatic heterocycles. The molecule has 0 bridgehead atoms. The predicted molar refractivity (Wildman–Crippen MR) is 81.6 cm³/mol. The van der Waals surface area contributed by atoms with E-state index in [-0.39, 0.29) is 12.1 Å². The van der Waals surface area contributed by atoms with Gasteiger partial charge in [0.2, 0.25) is 0 Å². The fraction of sp³-hybridized carbons (Fsp3) is 0.625. The first-order valence-electron chi connectivity index (χ1n) is 7.04. The third kappa shape index (κ3) is 4.39. The standard InChI is InChI=1S/C16H27NO3/c1-11(2)12(3)20-10-14(17-4)13-7-8-15(18-5)16(9-13)19-6/h7-9,11-12,14,17H,10H2,1-6H3. The molecule has 0 aliphatic carbocycles. The molecule has 0 amide bonds. The lowest BCUT2D eigenvalue weighted by molar-refractivity contribution is 0.0228.